The van der Waals surface area contributed by atoms with Gasteiger partial charge in [-0.3, -0.25) is 0 Å². The highest BCUT2D eigenvalue weighted by Crippen LogP contribution is 2.33. The fraction of sp³-hybridized carbons (Fsp3) is 0.286. The van der Waals surface area contributed by atoms with Gasteiger partial charge in [0.15, 0.2) is 0 Å². The Balaban J connectivity index is 1.51. The summed E-state index contributed by atoms with van der Waals surface area (Å²) in [5.74, 6) is 0.922. The van der Waals surface area contributed by atoms with Crippen molar-refractivity contribution >= 4 is 23.3 Å². The molecule has 144 valence electrons. The minimum atomic E-state index is -0.227. The van der Waals surface area contributed by atoms with Gasteiger partial charge in [0, 0.05) is 22.8 Å². The number of anilines is 1. The van der Waals surface area contributed by atoms with E-state index in [1.807, 2.05) is 36.4 Å². The summed E-state index contributed by atoms with van der Waals surface area (Å²) in [7, 11) is 0. The SMILES string of the molecule is CCc1cccc(NC(=O)N2CCC[C@@H]2c2nc(-c3cccc(Cl)c3)no2)c1. The summed E-state index contributed by atoms with van der Waals surface area (Å²) in [6.07, 6.45) is 2.60. The summed E-state index contributed by atoms with van der Waals surface area (Å²) in [5.41, 5.74) is 2.76. The lowest BCUT2D eigenvalue weighted by Gasteiger charge is -2.22. The van der Waals surface area contributed by atoms with E-state index in [1.54, 1.807) is 17.0 Å². The highest BCUT2D eigenvalue weighted by molar-refractivity contribution is 6.30. The van der Waals surface area contributed by atoms with Crippen LogP contribution in [0.3, 0.4) is 0 Å². The van der Waals surface area contributed by atoms with Gasteiger partial charge in [0.05, 0.1) is 0 Å². The molecule has 1 fully saturated rings. The third kappa shape index (κ3) is 3.87. The zero-order valence-corrected chi connectivity index (χ0v) is 16.3. The van der Waals surface area contributed by atoms with E-state index >= 15 is 0 Å². The van der Waals surface area contributed by atoms with Gasteiger partial charge in [0.1, 0.15) is 6.04 Å². The molecule has 2 aromatic carbocycles. The Labute approximate surface area is 168 Å². The van der Waals surface area contributed by atoms with E-state index in [0.29, 0.717) is 23.3 Å². The fourth-order valence-corrected chi connectivity index (χ4v) is 3.64. The van der Waals surface area contributed by atoms with Gasteiger partial charge in [-0.25, -0.2) is 4.79 Å². The van der Waals surface area contributed by atoms with Crippen molar-refractivity contribution in [1.29, 1.82) is 0 Å². The molecule has 4 rings (SSSR count). The number of amides is 2. The lowest BCUT2D eigenvalue weighted by Crippen LogP contribution is -2.34. The molecule has 1 aliphatic heterocycles. The Bertz CT molecular complexity index is 988. The van der Waals surface area contributed by atoms with E-state index in [1.165, 1.54) is 5.56 Å². The minimum absolute atomic E-state index is 0.154. The number of aromatic nitrogens is 2. The van der Waals surface area contributed by atoms with Crippen molar-refractivity contribution in [1.82, 2.24) is 15.0 Å². The van der Waals surface area contributed by atoms with Crippen molar-refractivity contribution in [2.45, 2.75) is 32.2 Å². The average molecular weight is 397 g/mol. The van der Waals surface area contributed by atoms with E-state index in [4.69, 9.17) is 16.1 Å². The van der Waals surface area contributed by atoms with E-state index < -0.39 is 0 Å². The van der Waals surface area contributed by atoms with Gasteiger partial charge < -0.3 is 14.7 Å². The number of nitrogens with one attached hydrogen (secondary N) is 1. The third-order valence-electron chi connectivity index (χ3n) is 4.91. The summed E-state index contributed by atoms with van der Waals surface area (Å²) in [5, 5.41) is 7.66. The second-order valence-electron chi connectivity index (χ2n) is 6.80. The molecule has 1 atom stereocenters. The lowest BCUT2D eigenvalue weighted by molar-refractivity contribution is 0.193. The molecule has 2 heterocycles. The molecule has 2 amide bonds. The molecule has 3 aromatic rings. The molecule has 0 radical (unpaired) electrons. The number of hydrogen-bond donors (Lipinski definition) is 1. The largest absolute Gasteiger partial charge is 0.337 e. The van der Waals surface area contributed by atoms with Crippen molar-refractivity contribution in [3.63, 3.8) is 0 Å². The first-order chi connectivity index (χ1) is 13.6. The molecule has 0 bridgehead atoms. The van der Waals surface area contributed by atoms with E-state index in [9.17, 15) is 4.79 Å². The first-order valence-electron chi connectivity index (χ1n) is 9.40. The molecule has 1 N–H and O–H groups in total. The predicted molar refractivity (Wildman–Crippen MR) is 108 cm³/mol. The molecule has 1 aromatic heterocycles. The molecule has 7 heteroatoms. The number of likely N-dealkylation sites (tertiary alicyclic amines) is 1. The van der Waals surface area contributed by atoms with Gasteiger partial charge in [-0.2, -0.15) is 4.98 Å². The van der Waals surface area contributed by atoms with E-state index in [0.717, 1.165) is 30.5 Å². The number of aryl methyl sites for hydroxylation is 1. The molecule has 6 nitrogen and oxygen atoms in total. The van der Waals surface area contributed by atoms with Crippen molar-refractivity contribution < 1.29 is 9.32 Å². The maximum atomic E-state index is 12.8. The standard InChI is InChI=1S/C21H21ClN4O2/c1-2-14-6-3-9-17(12-14)23-21(27)26-11-5-10-18(26)20-24-19(25-28-20)15-7-4-8-16(22)13-15/h3-4,6-9,12-13,18H,2,5,10-11H2,1H3,(H,23,27)/t18-/m1/s1. The molecular weight excluding hydrogens is 376 g/mol. The van der Waals surface area contributed by atoms with Crippen LogP contribution in [0, 0.1) is 0 Å². The van der Waals surface area contributed by atoms with Crippen molar-refractivity contribution in [3.8, 4) is 11.4 Å². The number of halogens is 1. The molecule has 28 heavy (non-hydrogen) atoms. The fourth-order valence-electron chi connectivity index (χ4n) is 3.45. The maximum absolute atomic E-state index is 12.8. The Hall–Kier alpha value is -2.86. The third-order valence-corrected chi connectivity index (χ3v) is 5.14. The average Bonchev–Trinajstić information content (AvgIpc) is 3.37. The van der Waals surface area contributed by atoms with Crippen molar-refractivity contribution in [3.05, 3.63) is 65.0 Å². The van der Waals surface area contributed by atoms with Crippen LogP contribution in [-0.2, 0) is 6.42 Å². The number of urea groups is 1. The molecule has 0 aliphatic carbocycles. The number of carbonyl (C=O) groups is 1. The lowest BCUT2D eigenvalue weighted by atomic mass is 10.1. The van der Waals surface area contributed by atoms with Crippen LogP contribution in [0.4, 0.5) is 10.5 Å². The Kier molecular flexibility index (Phi) is 5.30. The van der Waals surface area contributed by atoms with Crippen LogP contribution in [0.15, 0.2) is 53.1 Å². The van der Waals surface area contributed by atoms with Crippen LogP contribution in [0.1, 0.15) is 37.3 Å². The predicted octanol–water partition coefficient (Wildman–Crippen LogP) is 5.32. The molecular formula is C21H21ClN4O2. The minimum Gasteiger partial charge on any atom is -0.337 e. The van der Waals surface area contributed by atoms with Crippen LogP contribution in [0.2, 0.25) is 5.02 Å². The van der Waals surface area contributed by atoms with Gasteiger partial charge in [0.2, 0.25) is 11.7 Å². The maximum Gasteiger partial charge on any atom is 0.322 e. The normalized spacial score (nSPS) is 16.4. The van der Waals surface area contributed by atoms with Crippen LogP contribution in [-0.4, -0.2) is 27.6 Å². The topological polar surface area (TPSA) is 71.3 Å². The van der Waals surface area contributed by atoms with Crippen LogP contribution in [0.5, 0.6) is 0 Å². The number of carbonyl (C=O) groups excluding carboxylic acids is 1. The number of rotatable bonds is 4. The smallest absolute Gasteiger partial charge is 0.322 e. The summed E-state index contributed by atoms with van der Waals surface area (Å²) in [4.78, 5) is 19.1. The van der Waals surface area contributed by atoms with Crippen LogP contribution < -0.4 is 5.32 Å². The second-order valence-corrected chi connectivity index (χ2v) is 7.24. The Morgan fingerprint density at radius 1 is 1.29 bits per heavy atom. The molecule has 0 spiro atoms. The summed E-state index contributed by atoms with van der Waals surface area (Å²) >= 11 is 6.04. The first-order valence-corrected chi connectivity index (χ1v) is 9.78. The van der Waals surface area contributed by atoms with E-state index in [-0.39, 0.29) is 12.1 Å². The monoisotopic (exact) mass is 396 g/mol. The number of benzene rings is 2. The van der Waals surface area contributed by atoms with E-state index in [2.05, 4.69) is 22.4 Å². The van der Waals surface area contributed by atoms with Crippen molar-refractivity contribution in [2.24, 2.45) is 0 Å². The number of nitrogens with zero attached hydrogens (tertiary/aromatic N) is 3. The van der Waals surface area contributed by atoms with Gasteiger partial charge >= 0.3 is 6.03 Å². The highest BCUT2D eigenvalue weighted by atomic mass is 35.5. The zero-order valence-electron chi connectivity index (χ0n) is 15.6. The van der Waals surface area contributed by atoms with Gasteiger partial charge in [-0.1, -0.05) is 47.9 Å². The van der Waals surface area contributed by atoms with Gasteiger partial charge in [-0.05, 0) is 49.1 Å². The van der Waals surface area contributed by atoms with Gasteiger partial charge in [0.25, 0.3) is 0 Å². The summed E-state index contributed by atoms with van der Waals surface area (Å²) in [6.45, 7) is 2.74. The highest BCUT2D eigenvalue weighted by Gasteiger charge is 2.34. The van der Waals surface area contributed by atoms with Crippen LogP contribution in [0.25, 0.3) is 11.4 Å². The van der Waals surface area contributed by atoms with Gasteiger partial charge in [-0.15, -0.1) is 0 Å². The quantitative estimate of drug-likeness (QED) is 0.647. The number of hydrogen-bond acceptors (Lipinski definition) is 4. The molecule has 0 unspecified atom stereocenters. The summed E-state index contributed by atoms with van der Waals surface area (Å²) < 4.78 is 5.48. The Morgan fingerprint density at radius 3 is 2.96 bits per heavy atom. The summed E-state index contributed by atoms with van der Waals surface area (Å²) in [6, 6.07) is 14.8. The molecule has 1 saturated heterocycles. The second kappa shape index (κ2) is 8.02. The van der Waals surface area contributed by atoms with Crippen molar-refractivity contribution in [2.75, 3.05) is 11.9 Å². The first kappa shape index (κ1) is 18.5. The molecule has 0 saturated carbocycles. The molecule has 1 aliphatic rings. The zero-order chi connectivity index (χ0) is 19.5. The van der Waals surface area contributed by atoms with Crippen LogP contribution >= 0.6 is 11.6 Å². The Morgan fingerprint density at radius 2 is 2.14 bits per heavy atom.